The molecular weight excluding hydrogens is 1260 g/mol. The van der Waals surface area contributed by atoms with Gasteiger partial charge in [0.2, 0.25) is 0 Å². The normalized spacial score (nSPS) is 14.3. The maximum atomic E-state index is 13.1. The molecule has 0 saturated heterocycles. The van der Waals surface area contributed by atoms with E-state index in [0.717, 1.165) is 148 Å². The summed E-state index contributed by atoms with van der Waals surface area (Å²) in [6, 6.07) is 0. The molecule has 0 fully saturated rings. The molecule has 0 spiro atoms. The van der Waals surface area contributed by atoms with Gasteiger partial charge in [-0.3, -0.25) is 37.3 Å². The molecule has 0 aromatic heterocycles. The Morgan fingerprint density at radius 1 is 0.302 bits per heavy atom. The first-order valence-electron chi connectivity index (χ1n) is 38.5. The van der Waals surface area contributed by atoms with Crippen LogP contribution >= 0.6 is 15.6 Å². The minimum absolute atomic E-state index is 0.0794. The van der Waals surface area contributed by atoms with E-state index in [-0.39, 0.29) is 25.7 Å². The third-order valence-corrected chi connectivity index (χ3v) is 18.4. The highest BCUT2D eigenvalue weighted by molar-refractivity contribution is 7.47. The van der Waals surface area contributed by atoms with Crippen LogP contribution in [0.5, 0.6) is 0 Å². The van der Waals surface area contributed by atoms with Crippen LogP contribution in [0, 0.1) is 0 Å². The van der Waals surface area contributed by atoms with Gasteiger partial charge in [-0.25, -0.2) is 9.13 Å². The average Bonchev–Trinajstić information content (AvgIpc) is 1.17. The van der Waals surface area contributed by atoms with Crippen molar-refractivity contribution in [2.75, 3.05) is 39.6 Å². The second kappa shape index (κ2) is 70.2. The number of aliphatic hydroxyl groups is 1. The lowest BCUT2D eigenvalue weighted by Gasteiger charge is -2.21. The molecule has 0 radical (unpaired) electrons. The maximum absolute atomic E-state index is 13.1. The van der Waals surface area contributed by atoms with Gasteiger partial charge in [0.25, 0.3) is 0 Å². The highest BCUT2D eigenvalue weighted by atomic mass is 31.2. The predicted molar refractivity (Wildman–Crippen MR) is 390 cm³/mol. The third kappa shape index (κ3) is 69.2. The number of phosphoric ester groups is 2. The molecule has 0 saturated carbocycles. The fraction of sp³-hybridized carbons (Fsp3) is 0.818. The molecule has 96 heavy (non-hydrogen) atoms. The quantitative estimate of drug-likeness (QED) is 0.0128. The number of hydrogen-bond donors (Lipinski definition) is 3. The number of rotatable bonds is 73. The summed E-state index contributed by atoms with van der Waals surface area (Å²) < 4.78 is 68.5. The van der Waals surface area contributed by atoms with Crippen LogP contribution in [0.4, 0.5) is 0 Å². The summed E-state index contributed by atoms with van der Waals surface area (Å²) in [5.41, 5.74) is 0. The van der Waals surface area contributed by atoms with Gasteiger partial charge in [0.15, 0.2) is 12.2 Å². The highest BCUT2D eigenvalue weighted by Crippen LogP contribution is 2.45. The standard InChI is InChI=1S/C77H140O17P2/c1-5-9-13-17-21-25-29-33-35-39-42-46-50-54-58-62-75(80)88-68-72(93-76(81)63-59-55-51-47-43-38-32-28-24-20-16-12-8-4)69-91-95(83,84)89-65-71(78)66-90-96(85,86)92-70-73(67-87-74(79)61-57-53-49-45-41-37-31-27-23-19-15-11-7-3)94-77(82)64-60-56-52-48-44-40-36-34-30-26-22-18-14-10-6-2/h21,25-27,30-31,33-36,71-73,78H,5-20,22-24,28-29,32,37-70H2,1-4H3,(H,83,84)(H,85,86)/b25-21-,30-26-,31-27-,35-33-,36-34-/t71-,72+,73+/m0/s1. The van der Waals surface area contributed by atoms with E-state index < -0.39 is 97.5 Å². The van der Waals surface area contributed by atoms with E-state index >= 15 is 0 Å². The van der Waals surface area contributed by atoms with Gasteiger partial charge < -0.3 is 33.8 Å². The topological polar surface area (TPSA) is 237 Å². The van der Waals surface area contributed by atoms with Crippen molar-refractivity contribution in [1.29, 1.82) is 0 Å². The number of carbonyl (C=O) groups is 4. The Hall–Kier alpha value is -3.24. The van der Waals surface area contributed by atoms with Crippen LogP contribution in [0.25, 0.3) is 0 Å². The molecule has 3 N–H and O–H groups in total. The summed E-state index contributed by atoms with van der Waals surface area (Å²) in [4.78, 5) is 72.8. The Morgan fingerprint density at radius 3 is 0.875 bits per heavy atom. The van der Waals surface area contributed by atoms with Crippen molar-refractivity contribution in [3.05, 3.63) is 60.8 Å². The highest BCUT2D eigenvalue weighted by Gasteiger charge is 2.30. The number of esters is 4. The minimum Gasteiger partial charge on any atom is -0.462 e. The Balaban J connectivity index is 5.34. The van der Waals surface area contributed by atoms with E-state index in [1.165, 1.54) is 122 Å². The number of phosphoric acid groups is 2. The average molecular weight is 1400 g/mol. The third-order valence-electron chi connectivity index (χ3n) is 16.5. The molecule has 560 valence electrons. The summed E-state index contributed by atoms with van der Waals surface area (Å²) in [5, 5.41) is 10.6. The molecule has 2 unspecified atom stereocenters. The van der Waals surface area contributed by atoms with Gasteiger partial charge in [0, 0.05) is 25.7 Å². The van der Waals surface area contributed by atoms with Gasteiger partial charge in [-0.05, 0) is 109 Å². The largest absolute Gasteiger partial charge is 0.472 e. The molecule has 17 nitrogen and oxygen atoms in total. The molecule has 0 aliphatic carbocycles. The van der Waals surface area contributed by atoms with Gasteiger partial charge in [0.05, 0.1) is 26.4 Å². The van der Waals surface area contributed by atoms with Gasteiger partial charge in [-0.2, -0.15) is 0 Å². The lowest BCUT2D eigenvalue weighted by atomic mass is 10.0. The summed E-state index contributed by atoms with van der Waals surface area (Å²) in [6.45, 7) is 4.82. The number of carbonyl (C=O) groups excluding carboxylic acids is 4. The van der Waals surface area contributed by atoms with Gasteiger partial charge in [0.1, 0.15) is 19.3 Å². The van der Waals surface area contributed by atoms with Gasteiger partial charge in [-0.15, -0.1) is 0 Å². The van der Waals surface area contributed by atoms with Crippen molar-refractivity contribution in [3.8, 4) is 0 Å². The van der Waals surface area contributed by atoms with Crippen LogP contribution in [0.1, 0.15) is 349 Å². The van der Waals surface area contributed by atoms with Gasteiger partial charge in [-0.1, -0.05) is 275 Å². The molecule has 0 aromatic carbocycles. The zero-order chi connectivity index (χ0) is 70.4. The van der Waals surface area contributed by atoms with Crippen LogP contribution in [0.2, 0.25) is 0 Å². The van der Waals surface area contributed by atoms with Crippen LogP contribution in [-0.2, 0) is 65.4 Å². The zero-order valence-corrected chi connectivity index (χ0v) is 62.8. The van der Waals surface area contributed by atoms with E-state index in [0.29, 0.717) is 25.7 Å². The van der Waals surface area contributed by atoms with Crippen molar-refractivity contribution < 1.29 is 80.2 Å². The van der Waals surface area contributed by atoms with E-state index in [9.17, 15) is 43.2 Å². The molecule has 0 amide bonds. The van der Waals surface area contributed by atoms with E-state index in [2.05, 4.69) is 88.5 Å². The van der Waals surface area contributed by atoms with E-state index in [1.54, 1.807) is 0 Å². The molecule has 0 heterocycles. The second-order valence-corrected chi connectivity index (χ2v) is 28.9. The Kier molecular flexibility index (Phi) is 67.8. The maximum Gasteiger partial charge on any atom is 0.472 e. The first kappa shape index (κ1) is 92.8. The molecule has 0 bridgehead atoms. The van der Waals surface area contributed by atoms with Gasteiger partial charge >= 0.3 is 39.5 Å². The molecule has 5 atom stereocenters. The van der Waals surface area contributed by atoms with Crippen LogP contribution in [0.15, 0.2) is 60.8 Å². The van der Waals surface area contributed by atoms with E-state index in [1.807, 2.05) is 0 Å². The summed E-state index contributed by atoms with van der Waals surface area (Å²) in [5.74, 6) is -2.19. The molecule has 19 heteroatoms. The van der Waals surface area contributed by atoms with Crippen molar-refractivity contribution in [2.45, 2.75) is 367 Å². The first-order valence-corrected chi connectivity index (χ1v) is 41.5. The van der Waals surface area contributed by atoms with Crippen molar-refractivity contribution >= 4 is 39.5 Å². The molecule has 0 rings (SSSR count). The number of aliphatic hydroxyl groups excluding tert-OH is 1. The summed E-state index contributed by atoms with van der Waals surface area (Å²) >= 11 is 0. The Bertz CT molecular complexity index is 2060. The fourth-order valence-electron chi connectivity index (χ4n) is 10.5. The Morgan fingerprint density at radius 2 is 0.542 bits per heavy atom. The van der Waals surface area contributed by atoms with E-state index in [4.69, 9.17) is 37.0 Å². The Labute approximate surface area is 584 Å². The lowest BCUT2D eigenvalue weighted by Crippen LogP contribution is -2.30. The molecule has 0 aromatic rings. The number of ether oxygens (including phenoxy) is 4. The monoisotopic (exact) mass is 1400 g/mol. The molecule has 0 aliphatic rings. The van der Waals surface area contributed by atoms with Crippen LogP contribution in [0.3, 0.4) is 0 Å². The predicted octanol–water partition coefficient (Wildman–Crippen LogP) is 21.9. The summed E-state index contributed by atoms with van der Waals surface area (Å²) in [7, 11) is -9.94. The van der Waals surface area contributed by atoms with Crippen molar-refractivity contribution in [1.82, 2.24) is 0 Å². The van der Waals surface area contributed by atoms with Crippen LogP contribution < -0.4 is 0 Å². The minimum atomic E-state index is -4.97. The van der Waals surface area contributed by atoms with Crippen molar-refractivity contribution in [3.63, 3.8) is 0 Å². The zero-order valence-electron chi connectivity index (χ0n) is 61.1. The molecular formula is C77H140O17P2. The second-order valence-electron chi connectivity index (χ2n) is 26.0. The SMILES string of the molecule is CCCCC/C=C\C/C=C\CCCCCCCC(=O)OC[C@H](COP(=O)(O)OC[C@H](O)COP(=O)(O)OC[C@@H](COC(=O)CCCCCCC/C=C\CCCCCC)OC(=O)CCCCCCC/C=C\C=C/CCCCCC)OC(=O)CCCCCCCCCCCCCCC. The number of unbranched alkanes of at least 4 members (excludes halogenated alkanes) is 38. The fourth-order valence-corrected chi connectivity index (χ4v) is 12.1. The smallest absolute Gasteiger partial charge is 0.462 e. The number of hydrogen-bond acceptors (Lipinski definition) is 15. The first-order chi connectivity index (χ1) is 46.7. The van der Waals surface area contributed by atoms with Crippen LogP contribution in [-0.4, -0.2) is 96.7 Å². The number of allylic oxidation sites excluding steroid dienone is 10. The molecule has 0 aliphatic heterocycles. The summed E-state index contributed by atoms with van der Waals surface area (Å²) in [6.07, 6.45) is 67.7. The van der Waals surface area contributed by atoms with Crippen molar-refractivity contribution in [2.24, 2.45) is 0 Å². The lowest BCUT2D eigenvalue weighted by molar-refractivity contribution is -0.161.